The smallest absolute Gasteiger partial charge is 0.327 e. The van der Waals surface area contributed by atoms with E-state index in [1.165, 1.54) is 13.2 Å². The third-order valence-electron chi connectivity index (χ3n) is 3.38. The van der Waals surface area contributed by atoms with Crippen LogP contribution in [0.2, 0.25) is 0 Å². The zero-order valence-electron chi connectivity index (χ0n) is 12.7. The number of ether oxygens (including phenoxy) is 1. The lowest BCUT2D eigenvalue weighted by Gasteiger charge is -2.21. The van der Waals surface area contributed by atoms with Gasteiger partial charge in [0.2, 0.25) is 0 Å². The Kier molecular flexibility index (Phi) is 7.85. The molecule has 1 N–H and O–H groups in total. The number of likely N-dealkylation sites (N-methyl/N-ethyl adjacent to an activating group) is 1. The molecule has 0 bridgehead atoms. The molecule has 1 rings (SSSR count). The van der Waals surface area contributed by atoms with Gasteiger partial charge in [0.25, 0.3) is 0 Å². The zero-order valence-corrected chi connectivity index (χ0v) is 14.2. The van der Waals surface area contributed by atoms with Gasteiger partial charge in [0.1, 0.15) is 11.9 Å². The molecule has 0 aliphatic rings. The van der Waals surface area contributed by atoms with Gasteiger partial charge >= 0.3 is 5.97 Å². The minimum Gasteiger partial charge on any atom is -0.468 e. The Bertz CT molecular complexity index is 467. The van der Waals surface area contributed by atoms with Gasteiger partial charge in [0.15, 0.2) is 0 Å². The summed E-state index contributed by atoms with van der Waals surface area (Å²) in [5.41, 5.74) is 0.296. The molecule has 0 aromatic heterocycles. The molecular weight excluding hydrogens is 339 g/mol. The summed E-state index contributed by atoms with van der Waals surface area (Å²) in [6.45, 7) is 7.41. The largest absolute Gasteiger partial charge is 0.468 e. The number of benzene rings is 1. The third kappa shape index (κ3) is 5.37. The Morgan fingerprint density at radius 3 is 2.62 bits per heavy atom. The van der Waals surface area contributed by atoms with Crippen LogP contribution in [-0.2, 0) is 9.53 Å². The lowest BCUT2D eigenvalue weighted by Crippen LogP contribution is -2.37. The average Bonchev–Trinajstić information content (AvgIpc) is 2.48. The van der Waals surface area contributed by atoms with Crippen LogP contribution in [0.3, 0.4) is 0 Å². The third-order valence-corrected chi connectivity index (χ3v) is 3.87. The number of halogens is 2. The topological polar surface area (TPSA) is 41.6 Å². The Balaban J connectivity index is 2.79. The number of carbonyl (C=O) groups excluding carboxylic acids is 1. The van der Waals surface area contributed by atoms with E-state index in [2.05, 4.69) is 40.0 Å². The van der Waals surface area contributed by atoms with Crippen molar-refractivity contribution in [2.24, 2.45) is 0 Å². The van der Waals surface area contributed by atoms with Gasteiger partial charge in [-0.25, -0.2) is 9.18 Å². The van der Waals surface area contributed by atoms with E-state index >= 15 is 0 Å². The molecule has 0 spiro atoms. The van der Waals surface area contributed by atoms with E-state index < -0.39 is 17.8 Å². The minimum atomic E-state index is -0.793. The van der Waals surface area contributed by atoms with Crippen molar-refractivity contribution < 1.29 is 13.9 Å². The van der Waals surface area contributed by atoms with Gasteiger partial charge in [-0.05, 0) is 25.2 Å². The summed E-state index contributed by atoms with van der Waals surface area (Å²) in [4.78, 5) is 14.1. The molecule has 0 radical (unpaired) electrons. The molecule has 0 saturated carbocycles. The highest BCUT2D eigenvalue weighted by Crippen LogP contribution is 2.22. The van der Waals surface area contributed by atoms with E-state index in [0.29, 0.717) is 16.6 Å². The normalized spacial score (nSPS) is 12.5. The molecule has 1 aromatic carbocycles. The maximum atomic E-state index is 14.0. The van der Waals surface area contributed by atoms with Crippen LogP contribution in [0.15, 0.2) is 22.7 Å². The number of esters is 1. The van der Waals surface area contributed by atoms with E-state index in [-0.39, 0.29) is 0 Å². The van der Waals surface area contributed by atoms with Crippen LogP contribution in [0.5, 0.6) is 0 Å². The molecule has 0 amide bonds. The molecule has 0 saturated heterocycles. The van der Waals surface area contributed by atoms with Crippen LogP contribution in [0, 0.1) is 5.82 Å². The SMILES string of the molecule is CCN(CC)CCNC(C(=O)OC)c1ccc(Br)cc1F. The molecule has 0 aliphatic heterocycles. The predicted molar refractivity (Wildman–Crippen MR) is 84.6 cm³/mol. The highest BCUT2D eigenvalue weighted by molar-refractivity contribution is 9.10. The van der Waals surface area contributed by atoms with Crippen LogP contribution in [0.4, 0.5) is 4.39 Å². The first-order valence-electron chi connectivity index (χ1n) is 7.01. The molecule has 0 heterocycles. The van der Waals surface area contributed by atoms with Crippen molar-refractivity contribution in [2.45, 2.75) is 19.9 Å². The van der Waals surface area contributed by atoms with E-state index in [9.17, 15) is 9.18 Å². The van der Waals surface area contributed by atoms with Crippen LogP contribution >= 0.6 is 15.9 Å². The van der Waals surface area contributed by atoms with Crippen molar-refractivity contribution >= 4 is 21.9 Å². The van der Waals surface area contributed by atoms with E-state index in [0.717, 1.165) is 19.6 Å². The molecule has 118 valence electrons. The van der Waals surface area contributed by atoms with Gasteiger partial charge in [-0.1, -0.05) is 35.8 Å². The number of carbonyl (C=O) groups is 1. The quantitative estimate of drug-likeness (QED) is 0.723. The first-order valence-corrected chi connectivity index (χ1v) is 7.81. The maximum Gasteiger partial charge on any atom is 0.327 e. The fraction of sp³-hybridized carbons (Fsp3) is 0.533. The molecule has 1 aromatic rings. The number of hydrogen-bond donors (Lipinski definition) is 1. The fourth-order valence-electron chi connectivity index (χ4n) is 2.08. The van der Waals surface area contributed by atoms with Crippen LogP contribution in [-0.4, -0.2) is 44.2 Å². The second kappa shape index (κ2) is 9.12. The van der Waals surface area contributed by atoms with E-state index in [4.69, 9.17) is 4.74 Å². The first kappa shape index (κ1) is 18.1. The lowest BCUT2D eigenvalue weighted by molar-refractivity contribution is -0.143. The van der Waals surface area contributed by atoms with Gasteiger partial charge in [-0.3, -0.25) is 5.32 Å². The number of hydrogen-bond acceptors (Lipinski definition) is 4. The minimum absolute atomic E-state index is 0.296. The molecular formula is C15H22BrFN2O2. The van der Waals surface area contributed by atoms with Gasteiger partial charge in [0.05, 0.1) is 7.11 Å². The van der Waals surface area contributed by atoms with Crippen molar-refractivity contribution in [3.63, 3.8) is 0 Å². The number of rotatable bonds is 8. The lowest BCUT2D eigenvalue weighted by atomic mass is 10.1. The second-order valence-corrected chi connectivity index (χ2v) is 5.52. The fourth-order valence-corrected chi connectivity index (χ4v) is 2.41. The van der Waals surface area contributed by atoms with Crippen molar-refractivity contribution in [2.75, 3.05) is 33.3 Å². The summed E-state index contributed by atoms with van der Waals surface area (Å²) in [5.74, 6) is -0.925. The van der Waals surface area contributed by atoms with E-state index in [1.54, 1.807) is 12.1 Å². The van der Waals surface area contributed by atoms with Crippen LogP contribution in [0.25, 0.3) is 0 Å². The molecule has 0 fully saturated rings. The number of methoxy groups -OCH3 is 1. The van der Waals surface area contributed by atoms with Gasteiger partial charge in [-0.15, -0.1) is 0 Å². The monoisotopic (exact) mass is 360 g/mol. The average molecular weight is 361 g/mol. The van der Waals surface area contributed by atoms with Crippen LogP contribution in [0.1, 0.15) is 25.5 Å². The predicted octanol–water partition coefficient (Wildman–Crippen LogP) is 2.73. The van der Waals surface area contributed by atoms with Crippen molar-refractivity contribution in [3.8, 4) is 0 Å². The summed E-state index contributed by atoms with van der Waals surface area (Å²) >= 11 is 3.21. The Hall–Kier alpha value is -0.980. The first-order chi connectivity index (χ1) is 10.0. The summed E-state index contributed by atoms with van der Waals surface area (Å²) < 4.78 is 19.4. The molecule has 1 atom stereocenters. The summed E-state index contributed by atoms with van der Waals surface area (Å²) in [6.07, 6.45) is 0. The number of nitrogens with one attached hydrogen (secondary N) is 1. The Morgan fingerprint density at radius 1 is 1.43 bits per heavy atom. The molecule has 21 heavy (non-hydrogen) atoms. The molecule has 1 unspecified atom stereocenters. The Labute approximate surface area is 133 Å². The summed E-state index contributed by atoms with van der Waals surface area (Å²) in [7, 11) is 1.30. The van der Waals surface area contributed by atoms with Crippen molar-refractivity contribution in [1.29, 1.82) is 0 Å². The van der Waals surface area contributed by atoms with Crippen molar-refractivity contribution in [3.05, 3.63) is 34.1 Å². The van der Waals surface area contributed by atoms with Gasteiger partial charge in [-0.2, -0.15) is 0 Å². The standard InChI is InChI=1S/C15H22BrFN2O2/c1-4-19(5-2)9-8-18-14(15(20)21-3)12-7-6-11(16)10-13(12)17/h6-7,10,14,18H,4-5,8-9H2,1-3H3. The highest BCUT2D eigenvalue weighted by Gasteiger charge is 2.24. The van der Waals surface area contributed by atoms with Gasteiger partial charge < -0.3 is 9.64 Å². The zero-order chi connectivity index (χ0) is 15.8. The highest BCUT2D eigenvalue weighted by atomic mass is 79.9. The van der Waals surface area contributed by atoms with E-state index in [1.807, 2.05) is 0 Å². The molecule has 4 nitrogen and oxygen atoms in total. The van der Waals surface area contributed by atoms with Crippen molar-refractivity contribution in [1.82, 2.24) is 10.2 Å². The Morgan fingerprint density at radius 2 is 2.10 bits per heavy atom. The maximum absolute atomic E-state index is 14.0. The molecule has 0 aliphatic carbocycles. The molecule has 6 heteroatoms. The summed E-state index contributed by atoms with van der Waals surface area (Å²) in [6, 6.07) is 3.85. The second-order valence-electron chi connectivity index (χ2n) is 4.60. The number of nitrogens with zero attached hydrogens (tertiary/aromatic N) is 1. The summed E-state index contributed by atoms with van der Waals surface area (Å²) in [5, 5.41) is 3.07. The van der Waals surface area contributed by atoms with Crippen LogP contribution < -0.4 is 5.32 Å². The van der Waals surface area contributed by atoms with Gasteiger partial charge in [0, 0.05) is 23.1 Å².